The standard InChI is InChI=1S/C26H37NO2/c1-25-14-12-19(29-24(28)17-6-4-3-5-7-17)16-18(25)8-9-20-21-10-11-23(27)26(21,2)15-13-22(20)25/h3-7,18-23H,8-16,27H2,1-2H3/t18-,19+,20-,21-,22-,23-,25-,26-/m0/s1. The molecule has 0 aliphatic heterocycles. The molecule has 2 N–H and O–H groups in total. The number of benzene rings is 1. The zero-order valence-electron chi connectivity index (χ0n) is 18.1. The van der Waals surface area contributed by atoms with Gasteiger partial charge in [-0.2, -0.15) is 0 Å². The van der Waals surface area contributed by atoms with Crippen LogP contribution in [0.5, 0.6) is 0 Å². The summed E-state index contributed by atoms with van der Waals surface area (Å²) in [5.41, 5.74) is 8.05. The Morgan fingerprint density at radius 2 is 1.66 bits per heavy atom. The molecule has 0 saturated heterocycles. The van der Waals surface area contributed by atoms with Gasteiger partial charge in [0.05, 0.1) is 5.56 Å². The van der Waals surface area contributed by atoms with E-state index in [1.54, 1.807) is 0 Å². The number of carbonyl (C=O) groups is 1. The van der Waals surface area contributed by atoms with Gasteiger partial charge >= 0.3 is 5.97 Å². The molecule has 1 aromatic rings. The van der Waals surface area contributed by atoms with Crippen molar-refractivity contribution < 1.29 is 9.53 Å². The van der Waals surface area contributed by atoms with E-state index < -0.39 is 0 Å². The first kappa shape index (κ1) is 19.6. The summed E-state index contributed by atoms with van der Waals surface area (Å²) < 4.78 is 5.95. The van der Waals surface area contributed by atoms with Gasteiger partial charge in [0.15, 0.2) is 0 Å². The van der Waals surface area contributed by atoms with Crippen LogP contribution in [0.4, 0.5) is 0 Å². The van der Waals surface area contributed by atoms with Gasteiger partial charge in [0.2, 0.25) is 0 Å². The van der Waals surface area contributed by atoms with Gasteiger partial charge in [-0.25, -0.2) is 4.79 Å². The van der Waals surface area contributed by atoms with Crippen molar-refractivity contribution in [3.05, 3.63) is 35.9 Å². The van der Waals surface area contributed by atoms with Crippen LogP contribution in [0.3, 0.4) is 0 Å². The van der Waals surface area contributed by atoms with E-state index >= 15 is 0 Å². The molecule has 1 aromatic carbocycles. The molecule has 158 valence electrons. The van der Waals surface area contributed by atoms with Crippen LogP contribution < -0.4 is 5.73 Å². The first-order chi connectivity index (χ1) is 13.9. The Morgan fingerprint density at radius 3 is 2.45 bits per heavy atom. The highest BCUT2D eigenvalue weighted by Gasteiger charge is 2.59. The van der Waals surface area contributed by atoms with Crippen LogP contribution in [0.15, 0.2) is 30.3 Å². The molecule has 3 nitrogen and oxygen atoms in total. The van der Waals surface area contributed by atoms with Gasteiger partial charge in [-0.05, 0) is 104 Å². The molecule has 0 amide bonds. The lowest BCUT2D eigenvalue weighted by Crippen LogP contribution is -2.55. The molecule has 0 aromatic heterocycles. The number of nitrogens with two attached hydrogens (primary N) is 1. The molecule has 0 heterocycles. The molecule has 8 atom stereocenters. The second kappa shape index (κ2) is 7.11. The lowest BCUT2D eigenvalue weighted by atomic mass is 9.45. The molecule has 5 rings (SSSR count). The van der Waals surface area contributed by atoms with Crippen molar-refractivity contribution in [1.29, 1.82) is 0 Å². The number of fused-ring (bicyclic) bond motifs is 5. The Hall–Kier alpha value is -1.35. The van der Waals surface area contributed by atoms with Gasteiger partial charge in [-0.1, -0.05) is 32.0 Å². The topological polar surface area (TPSA) is 52.3 Å². The fraction of sp³-hybridized carbons (Fsp3) is 0.731. The van der Waals surface area contributed by atoms with E-state index in [9.17, 15) is 4.79 Å². The molecule has 3 heteroatoms. The Morgan fingerprint density at radius 1 is 0.931 bits per heavy atom. The van der Waals surface area contributed by atoms with E-state index in [1.807, 2.05) is 30.3 Å². The minimum absolute atomic E-state index is 0.0890. The van der Waals surface area contributed by atoms with Crippen LogP contribution >= 0.6 is 0 Å². The summed E-state index contributed by atoms with van der Waals surface area (Å²) in [5.74, 6) is 3.09. The summed E-state index contributed by atoms with van der Waals surface area (Å²) in [6.45, 7) is 5.06. The predicted molar refractivity (Wildman–Crippen MR) is 115 cm³/mol. The monoisotopic (exact) mass is 395 g/mol. The molecule has 0 bridgehead atoms. The van der Waals surface area contributed by atoms with E-state index in [4.69, 9.17) is 10.5 Å². The van der Waals surface area contributed by atoms with Crippen molar-refractivity contribution in [2.75, 3.05) is 0 Å². The molecule has 0 spiro atoms. The fourth-order valence-corrected chi connectivity index (χ4v) is 8.16. The lowest BCUT2D eigenvalue weighted by Gasteiger charge is -2.60. The zero-order valence-corrected chi connectivity index (χ0v) is 18.1. The second-order valence-corrected chi connectivity index (χ2v) is 11.1. The average Bonchev–Trinajstić information content (AvgIpc) is 3.03. The third-order valence-corrected chi connectivity index (χ3v) is 9.97. The number of ether oxygens (including phenoxy) is 1. The van der Waals surface area contributed by atoms with Gasteiger partial charge in [0, 0.05) is 6.04 Å². The second-order valence-electron chi connectivity index (χ2n) is 11.1. The first-order valence-corrected chi connectivity index (χ1v) is 11.9. The summed E-state index contributed by atoms with van der Waals surface area (Å²) >= 11 is 0. The smallest absolute Gasteiger partial charge is 0.338 e. The summed E-state index contributed by atoms with van der Waals surface area (Å²) in [6, 6.07) is 9.86. The van der Waals surface area contributed by atoms with Crippen molar-refractivity contribution in [3.63, 3.8) is 0 Å². The predicted octanol–water partition coefficient (Wildman–Crippen LogP) is 5.58. The number of carbonyl (C=O) groups excluding carboxylic acids is 1. The van der Waals surface area contributed by atoms with Gasteiger partial charge in [-0.3, -0.25) is 0 Å². The van der Waals surface area contributed by atoms with Crippen molar-refractivity contribution >= 4 is 5.97 Å². The maximum Gasteiger partial charge on any atom is 0.338 e. The summed E-state index contributed by atoms with van der Waals surface area (Å²) in [7, 11) is 0. The number of hydrogen-bond acceptors (Lipinski definition) is 3. The van der Waals surface area contributed by atoms with Crippen LogP contribution in [0.2, 0.25) is 0 Å². The Labute approximate surface area is 175 Å². The van der Waals surface area contributed by atoms with Gasteiger partial charge in [0.1, 0.15) is 6.10 Å². The van der Waals surface area contributed by atoms with Gasteiger partial charge < -0.3 is 10.5 Å². The van der Waals surface area contributed by atoms with Crippen molar-refractivity contribution in [2.45, 2.75) is 83.8 Å². The highest BCUT2D eigenvalue weighted by molar-refractivity contribution is 5.89. The Kier molecular flexibility index (Phi) is 4.81. The summed E-state index contributed by atoms with van der Waals surface area (Å²) in [6.07, 6.45) is 11.3. The van der Waals surface area contributed by atoms with Crippen molar-refractivity contribution in [2.24, 2.45) is 40.2 Å². The highest BCUT2D eigenvalue weighted by atomic mass is 16.5. The molecule has 4 aliphatic carbocycles. The van der Waals surface area contributed by atoms with Gasteiger partial charge in [0.25, 0.3) is 0 Å². The third kappa shape index (κ3) is 3.07. The minimum atomic E-state index is -0.152. The van der Waals surface area contributed by atoms with E-state index in [0.717, 1.165) is 30.6 Å². The highest BCUT2D eigenvalue weighted by Crippen LogP contribution is 2.66. The Bertz CT molecular complexity index is 763. The van der Waals surface area contributed by atoms with Crippen molar-refractivity contribution in [3.8, 4) is 0 Å². The normalized spacial score (nSPS) is 46.3. The molecule has 29 heavy (non-hydrogen) atoms. The minimum Gasteiger partial charge on any atom is -0.459 e. The molecule has 0 unspecified atom stereocenters. The molecular formula is C26H37NO2. The zero-order chi connectivity index (χ0) is 20.2. The Balaban J connectivity index is 1.28. The van der Waals surface area contributed by atoms with Crippen molar-refractivity contribution in [1.82, 2.24) is 0 Å². The fourth-order valence-electron chi connectivity index (χ4n) is 8.16. The average molecular weight is 396 g/mol. The summed E-state index contributed by atoms with van der Waals surface area (Å²) in [5, 5.41) is 0. The van der Waals surface area contributed by atoms with E-state index in [1.165, 1.54) is 44.9 Å². The molecule has 0 radical (unpaired) electrons. The van der Waals surface area contributed by atoms with Crippen LogP contribution in [-0.4, -0.2) is 18.1 Å². The van der Waals surface area contributed by atoms with E-state index in [-0.39, 0.29) is 12.1 Å². The number of esters is 1. The maximum atomic E-state index is 12.5. The van der Waals surface area contributed by atoms with Gasteiger partial charge in [-0.15, -0.1) is 0 Å². The molecule has 4 saturated carbocycles. The maximum absolute atomic E-state index is 12.5. The largest absolute Gasteiger partial charge is 0.459 e. The van der Waals surface area contributed by atoms with E-state index in [0.29, 0.717) is 28.4 Å². The van der Waals surface area contributed by atoms with Crippen LogP contribution in [-0.2, 0) is 4.74 Å². The SMILES string of the molecule is C[C@]12CC[C@@H](OC(=O)c3ccccc3)C[C@@H]1CC[C@@H]1[C@@H]2CC[C@]2(C)[C@@H](N)CC[C@@H]12. The van der Waals surface area contributed by atoms with Crippen LogP contribution in [0, 0.1) is 34.5 Å². The first-order valence-electron chi connectivity index (χ1n) is 11.9. The quantitative estimate of drug-likeness (QED) is 0.665. The van der Waals surface area contributed by atoms with E-state index in [2.05, 4.69) is 13.8 Å². The lowest BCUT2D eigenvalue weighted by molar-refractivity contribution is -0.124. The molecular weight excluding hydrogens is 358 g/mol. The summed E-state index contributed by atoms with van der Waals surface area (Å²) in [4.78, 5) is 12.5. The molecule has 4 fully saturated rings. The number of hydrogen-bond donors (Lipinski definition) is 1. The third-order valence-electron chi connectivity index (χ3n) is 9.97. The van der Waals surface area contributed by atoms with Crippen LogP contribution in [0.25, 0.3) is 0 Å². The van der Waals surface area contributed by atoms with Crippen LogP contribution in [0.1, 0.15) is 82.0 Å². The number of rotatable bonds is 2. The molecule has 4 aliphatic rings.